The van der Waals surface area contributed by atoms with Crippen molar-refractivity contribution in [2.75, 3.05) is 0 Å². The minimum Gasteiger partial charge on any atom is -0.347 e. The summed E-state index contributed by atoms with van der Waals surface area (Å²) in [5.41, 5.74) is 6.79. The quantitative estimate of drug-likeness (QED) is 0.169. The molecule has 1 aliphatic heterocycles. The zero-order chi connectivity index (χ0) is 39.3. The predicted molar refractivity (Wildman–Crippen MR) is 210 cm³/mol. The normalized spacial score (nSPS) is 23.8. The van der Waals surface area contributed by atoms with Crippen molar-refractivity contribution in [2.24, 2.45) is 27.7 Å². The van der Waals surface area contributed by atoms with E-state index < -0.39 is 17.8 Å². The van der Waals surface area contributed by atoms with Crippen molar-refractivity contribution in [1.29, 1.82) is 0 Å². The average Bonchev–Trinajstić information content (AvgIpc) is 3.85. The number of rotatable bonds is 11. The van der Waals surface area contributed by atoms with E-state index in [1.807, 2.05) is 6.20 Å². The minimum absolute atomic E-state index is 0.0874. The van der Waals surface area contributed by atoms with Gasteiger partial charge in [-0.05, 0) is 90.0 Å². The Hall–Kier alpha value is -4.28. The van der Waals surface area contributed by atoms with Crippen molar-refractivity contribution in [2.45, 2.75) is 134 Å². The molecule has 8 rings (SSSR count). The molecule has 0 bridgehead atoms. The molecular formula is C45H53F4N5O2. The highest BCUT2D eigenvalue weighted by atomic mass is 19.3. The van der Waals surface area contributed by atoms with Crippen molar-refractivity contribution in [3.63, 3.8) is 0 Å². The Morgan fingerprint density at radius 2 is 1.11 bits per heavy atom. The number of nitrogens with one attached hydrogen (secondary N) is 3. The summed E-state index contributed by atoms with van der Waals surface area (Å²) in [7, 11) is 0. The predicted octanol–water partition coefficient (Wildman–Crippen LogP) is 10.6. The molecule has 3 aromatic rings. The highest BCUT2D eigenvalue weighted by molar-refractivity contribution is 6.03. The van der Waals surface area contributed by atoms with Gasteiger partial charge in [0.05, 0.1) is 24.0 Å². The number of hydrogen-bond acceptors (Lipinski definition) is 4. The summed E-state index contributed by atoms with van der Waals surface area (Å²) < 4.78 is 55.1. The molecule has 0 unspecified atom stereocenters. The molecule has 5 aliphatic rings. The fourth-order valence-electron chi connectivity index (χ4n) is 9.55. The number of nitrogens with zero attached hydrogens (tertiary/aromatic N) is 2. The fraction of sp³-hybridized carbons (Fsp3) is 0.556. The second-order valence-electron chi connectivity index (χ2n) is 17.9. The number of halogens is 4. The highest BCUT2D eigenvalue weighted by Crippen LogP contribution is 2.50. The maximum Gasteiger partial charge on any atom is 0.248 e. The lowest BCUT2D eigenvalue weighted by Gasteiger charge is -2.46. The Morgan fingerprint density at radius 1 is 0.661 bits per heavy atom. The second kappa shape index (κ2) is 14.9. The maximum absolute atomic E-state index is 13.8. The first-order chi connectivity index (χ1) is 26.7. The van der Waals surface area contributed by atoms with E-state index in [2.05, 4.69) is 78.0 Å². The van der Waals surface area contributed by atoms with Gasteiger partial charge in [-0.2, -0.15) is 0 Å². The molecule has 7 nitrogen and oxygen atoms in total. The summed E-state index contributed by atoms with van der Waals surface area (Å²) in [5.74, 6) is -5.72. The third kappa shape index (κ3) is 7.97. The molecule has 11 heteroatoms. The Kier molecular flexibility index (Phi) is 10.3. The standard InChI is InChI=1S/C45H53F4N5O2/c1-42(17-3-18-42)37(53-40(55)32-13-21-44(46,47)22-14-32)35-25-34(26-50-35)30-7-5-28(6-8-30)29-9-11-31(12-10-29)36-27-51-39(52-36)38(43(2)19-4-20-43)54-41(56)33-15-23-45(48,49)24-16-33/h5-12,26-27,32-33,37-38H,3-4,13-25H2,1-2H3,(H,51,52)(H,53,55)(H,54,56)/t37-,38-/m1/s1. The Labute approximate surface area is 326 Å². The zero-order valence-corrected chi connectivity index (χ0v) is 32.4. The number of aromatic amines is 1. The van der Waals surface area contributed by atoms with Crippen molar-refractivity contribution in [1.82, 2.24) is 20.6 Å². The van der Waals surface area contributed by atoms with Crippen LogP contribution in [0.3, 0.4) is 0 Å². The van der Waals surface area contributed by atoms with Gasteiger partial charge < -0.3 is 15.6 Å². The number of alkyl halides is 4. The summed E-state index contributed by atoms with van der Waals surface area (Å²) in [6.45, 7) is 4.36. The lowest BCUT2D eigenvalue weighted by Crippen LogP contribution is -2.55. The third-order valence-corrected chi connectivity index (χ3v) is 13.9. The maximum atomic E-state index is 13.8. The third-order valence-electron chi connectivity index (χ3n) is 13.9. The molecule has 2 heterocycles. The number of hydrogen-bond donors (Lipinski definition) is 3. The van der Waals surface area contributed by atoms with E-state index in [0.29, 0.717) is 12.2 Å². The summed E-state index contributed by atoms with van der Waals surface area (Å²) in [6.07, 6.45) is 10.3. The van der Waals surface area contributed by atoms with E-state index in [4.69, 9.17) is 9.98 Å². The number of carbonyl (C=O) groups excluding carboxylic acids is 2. The van der Waals surface area contributed by atoms with Gasteiger partial charge in [0.2, 0.25) is 23.7 Å². The summed E-state index contributed by atoms with van der Waals surface area (Å²) >= 11 is 0. The summed E-state index contributed by atoms with van der Waals surface area (Å²) in [6, 6.07) is 16.1. The Balaban J connectivity index is 0.899. The van der Waals surface area contributed by atoms with Crippen molar-refractivity contribution < 1.29 is 27.2 Å². The van der Waals surface area contributed by atoms with Crippen LogP contribution in [0, 0.1) is 22.7 Å². The van der Waals surface area contributed by atoms with Gasteiger partial charge >= 0.3 is 0 Å². The first kappa shape index (κ1) is 38.6. The van der Waals surface area contributed by atoms with Gasteiger partial charge in [-0.15, -0.1) is 0 Å². The molecule has 2 atom stereocenters. The molecule has 56 heavy (non-hydrogen) atoms. The summed E-state index contributed by atoms with van der Waals surface area (Å²) in [4.78, 5) is 39.6. The minimum atomic E-state index is -2.68. The highest BCUT2D eigenvalue weighted by Gasteiger charge is 2.47. The number of benzene rings is 2. The second-order valence-corrected chi connectivity index (χ2v) is 17.9. The lowest BCUT2D eigenvalue weighted by atomic mass is 9.63. The van der Waals surface area contributed by atoms with Crippen molar-refractivity contribution in [3.8, 4) is 22.4 Å². The molecule has 4 fully saturated rings. The van der Waals surface area contributed by atoms with Gasteiger partial charge in [0.15, 0.2) is 0 Å². The van der Waals surface area contributed by atoms with Gasteiger partial charge in [0, 0.05) is 55.9 Å². The molecular weight excluding hydrogens is 719 g/mol. The van der Waals surface area contributed by atoms with Gasteiger partial charge in [0.1, 0.15) is 5.82 Å². The largest absolute Gasteiger partial charge is 0.347 e. The van der Waals surface area contributed by atoms with Crippen LogP contribution >= 0.6 is 0 Å². The Morgan fingerprint density at radius 3 is 1.59 bits per heavy atom. The number of H-pyrrole nitrogens is 1. The number of carbonyl (C=O) groups is 2. The average molecular weight is 772 g/mol. The molecule has 4 saturated carbocycles. The number of imidazole rings is 1. The zero-order valence-electron chi connectivity index (χ0n) is 32.4. The van der Waals surface area contributed by atoms with Crippen LogP contribution in [-0.4, -0.2) is 45.4 Å². The van der Waals surface area contributed by atoms with Crippen molar-refractivity contribution in [3.05, 3.63) is 72.3 Å². The first-order valence-electron chi connectivity index (χ1n) is 20.6. The van der Waals surface area contributed by atoms with E-state index >= 15 is 0 Å². The molecule has 0 saturated heterocycles. The van der Waals surface area contributed by atoms with Gasteiger partial charge in [0.25, 0.3) is 0 Å². The first-order valence-corrected chi connectivity index (χ1v) is 20.6. The SMILES string of the molecule is CC1([C@H](NC(=O)C2CCC(F)(F)CC2)C2=NC=C(c3ccc(-c4ccc(-c5cnc([C@@H](NC(=O)C6CCC(F)(F)CC6)C6(C)CCC6)[nH]5)cc4)cc3)C2)CCC1. The smallest absolute Gasteiger partial charge is 0.248 e. The molecule has 298 valence electrons. The van der Waals surface area contributed by atoms with Crippen LogP contribution < -0.4 is 10.6 Å². The number of aliphatic imine (C=N–C) groups is 1. The van der Waals surface area contributed by atoms with E-state index in [1.54, 1.807) is 6.20 Å². The Bertz CT molecular complexity index is 1970. The van der Waals surface area contributed by atoms with E-state index in [-0.39, 0.29) is 92.0 Å². The summed E-state index contributed by atoms with van der Waals surface area (Å²) in [5, 5.41) is 6.47. The number of aromatic nitrogens is 2. The van der Waals surface area contributed by atoms with E-state index in [1.165, 1.54) is 0 Å². The van der Waals surface area contributed by atoms with Crippen LogP contribution in [-0.2, 0) is 9.59 Å². The number of allylic oxidation sites excluding steroid dienone is 1. The van der Waals surface area contributed by atoms with Crippen LogP contribution in [0.1, 0.15) is 128 Å². The van der Waals surface area contributed by atoms with Gasteiger partial charge in [-0.3, -0.25) is 14.6 Å². The van der Waals surface area contributed by atoms with Crippen LogP contribution in [0.25, 0.3) is 28.0 Å². The molecule has 0 radical (unpaired) electrons. The van der Waals surface area contributed by atoms with Crippen LogP contribution in [0.2, 0.25) is 0 Å². The van der Waals surface area contributed by atoms with E-state index in [0.717, 1.165) is 77.8 Å². The molecule has 3 N–H and O–H groups in total. The van der Waals surface area contributed by atoms with Crippen LogP contribution in [0.5, 0.6) is 0 Å². The lowest BCUT2D eigenvalue weighted by molar-refractivity contribution is -0.132. The monoisotopic (exact) mass is 771 g/mol. The molecule has 2 amide bonds. The molecule has 2 aromatic carbocycles. The molecule has 0 spiro atoms. The topological polar surface area (TPSA) is 99.2 Å². The molecule has 4 aliphatic carbocycles. The van der Waals surface area contributed by atoms with Crippen LogP contribution in [0.15, 0.2) is 65.9 Å². The molecule has 1 aromatic heterocycles. The van der Waals surface area contributed by atoms with Gasteiger partial charge in [-0.1, -0.05) is 75.2 Å². The van der Waals surface area contributed by atoms with E-state index in [9.17, 15) is 27.2 Å². The fourth-order valence-corrected chi connectivity index (χ4v) is 9.55. The van der Waals surface area contributed by atoms with Crippen LogP contribution in [0.4, 0.5) is 17.6 Å². The van der Waals surface area contributed by atoms with Gasteiger partial charge in [-0.25, -0.2) is 22.5 Å². The van der Waals surface area contributed by atoms with Crippen molar-refractivity contribution >= 4 is 23.1 Å². The number of amides is 2.